The lowest BCUT2D eigenvalue weighted by atomic mass is 10.0. The van der Waals surface area contributed by atoms with E-state index in [4.69, 9.17) is 9.47 Å². The van der Waals surface area contributed by atoms with Gasteiger partial charge >= 0.3 is 12.1 Å². The summed E-state index contributed by atoms with van der Waals surface area (Å²) >= 11 is 0. The molecule has 3 rings (SSSR count). The average Bonchev–Trinajstić information content (AvgIpc) is 2.83. The molecule has 0 atom stereocenters. The molecule has 174 valence electrons. The molecular formula is C24H17F3N2O5. The van der Waals surface area contributed by atoms with E-state index in [1.54, 1.807) is 6.07 Å². The Kier molecular flexibility index (Phi) is 7.28. The van der Waals surface area contributed by atoms with Crippen LogP contribution < -0.4 is 10.3 Å². The summed E-state index contributed by atoms with van der Waals surface area (Å²) in [5.74, 6) is -1.94. The first-order valence-electron chi connectivity index (χ1n) is 9.82. The zero-order valence-corrected chi connectivity index (χ0v) is 17.8. The Balaban J connectivity index is 1.96. The van der Waals surface area contributed by atoms with E-state index in [1.807, 2.05) is 0 Å². The monoisotopic (exact) mass is 470 g/mol. The lowest BCUT2D eigenvalue weighted by molar-refractivity contribution is -0.137. The van der Waals surface area contributed by atoms with Crippen molar-refractivity contribution in [2.45, 2.75) is 12.7 Å². The molecule has 0 saturated carbocycles. The molecule has 0 amide bonds. The molecular weight excluding hydrogens is 453 g/mol. The normalized spacial score (nSPS) is 11.0. The van der Waals surface area contributed by atoms with Gasteiger partial charge in [-0.3, -0.25) is 9.59 Å². The number of para-hydroxylation sites is 1. The number of nitriles is 1. The molecule has 0 aliphatic rings. The molecule has 0 saturated heterocycles. The van der Waals surface area contributed by atoms with Crippen molar-refractivity contribution in [2.75, 3.05) is 13.7 Å². The number of halogens is 3. The standard InChI is InChI=1S/C24H17F3N2O5/c1-33-10-9-29-14-17(11-16(13-28)22(29)31)21(30)19-7-2-3-8-20(19)34-23(32)15-5-4-6-18(12-15)24(25,26)27/h2-8,11-12,14H,9-10H2,1H3. The Morgan fingerprint density at radius 3 is 2.47 bits per heavy atom. The molecule has 2 aromatic carbocycles. The van der Waals surface area contributed by atoms with Gasteiger partial charge in [0.2, 0.25) is 0 Å². The summed E-state index contributed by atoms with van der Waals surface area (Å²) in [5, 5.41) is 9.27. The van der Waals surface area contributed by atoms with Gasteiger partial charge in [0.15, 0.2) is 5.78 Å². The van der Waals surface area contributed by atoms with Crippen molar-refractivity contribution in [1.82, 2.24) is 4.57 Å². The van der Waals surface area contributed by atoms with Gasteiger partial charge in [0.25, 0.3) is 5.56 Å². The molecule has 3 aromatic rings. The zero-order valence-electron chi connectivity index (χ0n) is 17.8. The van der Waals surface area contributed by atoms with Crippen LogP contribution in [0.5, 0.6) is 5.75 Å². The Morgan fingerprint density at radius 1 is 1.06 bits per heavy atom. The zero-order chi connectivity index (χ0) is 24.9. The predicted molar refractivity (Wildman–Crippen MR) is 114 cm³/mol. The van der Waals surface area contributed by atoms with Crippen molar-refractivity contribution in [3.63, 3.8) is 0 Å². The highest BCUT2D eigenvalue weighted by atomic mass is 19.4. The van der Waals surface area contributed by atoms with Crippen LogP contribution in [-0.2, 0) is 17.5 Å². The van der Waals surface area contributed by atoms with Gasteiger partial charge in [0, 0.05) is 25.4 Å². The number of carbonyl (C=O) groups excluding carboxylic acids is 2. The number of methoxy groups -OCH3 is 1. The van der Waals surface area contributed by atoms with E-state index in [2.05, 4.69) is 0 Å². The molecule has 0 fully saturated rings. The molecule has 34 heavy (non-hydrogen) atoms. The van der Waals surface area contributed by atoms with Gasteiger partial charge in [0.05, 0.1) is 23.3 Å². The summed E-state index contributed by atoms with van der Waals surface area (Å²) in [6.07, 6.45) is -3.38. The van der Waals surface area contributed by atoms with Crippen LogP contribution in [0.4, 0.5) is 13.2 Å². The highest BCUT2D eigenvalue weighted by Crippen LogP contribution is 2.30. The van der Waals surface area contributed by atoms with Gasteiger partial charge in [-0.2, -0.15) is 18.4 Å². The van der Waals surface area contributed by atoms with Crippen molar-refractivity contribution < 1.29 is 32.2 Å². The van der Waals surface area contributed by atoms with Crippen molar-refractivity contribution in [2.24, 2.45) is 0 Å². The lowest BCUT2D eigenvalue weighted by Crippen LogP contribution is -2.25. The Bertz CT molecular complexity index is 1340. The Morgan fingerprint density at radius 2 is 1.79 bits per heavy atom. The maximum Gasteiger partial charge on any atom is 0.416 e. The fraction of sp³-hybridized carbons (Fsp3) is 0.167. The minimum Gasteiger partial charge on any atom is -0.422 e. The Hall–Kier alpha value is -4.23. The van der Waals surface area contributed by atoms with Gasteiger partial charge in [-0.25, -0.2) is 4.79 Å². The maximum atomic E-state index is 13.2. The van der Waals surface area contributed by atoms with Crippen LogP contribution in [0, 0.1) is 11.3 Å². The van der Waals surface area contributed by atoms with Crippen LogP contribution >= 0.6 is 0 Å². The Labute approximate surface area is 191 Å². The summed E-state index contributed by atoms with van der Waals surface area (Å²) in [7, 11) is 1.43. The fourth-order valence-corrected chi connectivity index (χ4v) is 3.08. The SMILES string of the molecule is COCCn1cc(C(=O)c2ccccc2OC(=O)c2cccc(C(F)(F)F)c2)cc(C#N)c1=O. The highest BCUT2D eigenvalue weighted by molar-refractivity contribution is 6.11. The fourth-order valence-electron chi connectivity index (χ4n) is 3.08. The first-order chi connectivity index (χ1) is 16.2. The number of ketones is 1. The third-order valence-electron chi connectivity index (χ3n) is 4.76. The number of carbonyl (C=O) groups is 2. The number of hydrogen-bond acceptors (Lipinski definition) is 6. The maximum absolute atomic E-state index is 13.2. The van der Waals surface area contributed by atoms with Crippen molar-refractivity contribution in [1.29, 1.82) is 5.26 Å². The van der Waals surface area contributed by atoms with E-state index in [0.717, 1.165) is 28.8 Å². The largest absolute Gasteiger partial charge is 0.422 e. The second kappa shape index (κ2) is 10.1. The van der Waals surface area contributed by atoms with E-state index in [9.17, 15) is 32.8 Å². The molecule has 0 aliphatic heterocycles. The number of alkyl halides is 3. The van der Waals surface area contributed by atoms with E-state index < -0.39 is 29.1 Å². The number of benzene rings is 2. The summed E-state index contributed by atoms with van der Waals surface area (Å²) < 4.78 is 50.2. The minimum atomic E-state index is -4.64. The van der Waals surface area contributed by atoms with Crippen molar-refractivity contribution >= 4 is 11.8 Å². The third kappa shape index (κ3) is 5.39. The molecule has 0 radical (unpaired) electrons. The van der Waals surface area contributed by atoms with E-state index in [0.29, 0.717) is 6.07 Å². The van der Waals surface area contributed by atoms with Crippen LogP contribution in [0.2, 0.25) is 0 Å². The predicted octanol–water partition coefficient (Wildman–Crippen LogP) is 3.84. The quantitative estimate of drug-likeness (QED) is 0.296. The van der Waals surface area contributed by atoms with Crippen LogP contribution in [-0.4, -0.2) is 30.0 Å². The summed E-state index contributed by atoms with van der Waals surface area (Å²) in [6, 6.07) is 12.2. The second-order valence-electron chi connectivity index (χ2n) is 7.04. The van der Waals surface area contributed by atoms with Crippen LogP contribution in [0.25, 0.3) is 0 Å². The molecule has 1 aromatic heterocycles. The number of ether oxygens (including phenoxy) is 2. The molecule has 10 heteroatoms. The van der Waals surface area contributed by atoms with Crippen LogP contribution in [0.1, 0.15) is 37.4 Å². The van der Waals surface area contributed by atoms with Gasteiger partial charge in [-0.15, -0.1) is 0 Å². The van der Waals surface area contributed by atoms with Crippen molar-refractivity contribution in [3.8, 4) is 11.8 Å². The topological polar surface area (TPSA) is 98.4 Å². The number of pyridine rings is 1. The summed E-state index contributed by atoms with van der Waals surface area (Å²) in [6.45, 7) is 0.255. The molecule has 0 bridgehead atoms. The highest BCUT2D eigenvalue weighted by Gasteiger charge is 2.31. The van der Waals surface area contributed by atoms with Crippen LogP contribution in [0.3, 0.4) is 0 Å². The number of aromatic nitrogens is 1. The lowest BCUT2D eigenvalue weighted by Gasteiger charge is -2.12. The second-order valence-corrected chi connectivity index (χ2v) is 7.04. The molecule has 0 N–H and O–H groups in total. The summed E-state index contributed by atoms with van der Waals surface area (Å²) in [4.78, 5) is 38.0. The number of nitrogens with zero attached hydrogens (tertiary/aromatic N) is 2. The summed E-state index contributed by atoms with van der Waals surface area (Å²) in [5.41, 5.74) is -2.33. The third-order valence-corrected chi connectivity index (χ3v) is 4.76. The molecule has 0 unspecified atom stereocenters. The first kappa shape index (κ1) is 24.4. The average molecular weight is 470 g/mol. The molecule has 1 heterocycles. The van der Waals surface area contributed by atoms with E-state index in [1.165, 1.54) is 37.6 Å². The molecule has 0 spiro atoms. The number of hydrogen-bond donors (Lipinski definition) is 0. The van der Waals surface area contributed by atoms with Gasteiger partial charge in [0.1, 0.15) is 17.4 Å². The van der Waals surface area contributed by atoms with Gasteiger partial charge in [-0.05, 0) is 36.4 Å². The van der Waals surface area contributed by atoms with Crippen molar-refractivity contribution in [3.05, 3.63) is 99.0 Å². The van der Waals surface area contributed by atoms with E-state index >= 15 is 0 Å². The first-order valence-corrected chi connectivity index (χ1v) is 9.82. The van der Waals surface area contributed by atoms with Gasteiger partial charge < -0.3 is 14.0 Å². The van der Waals surface area contributed by atoms with Gasteiger partial charge in [-0.1, -0.05) is 18.2 Å². The molecule has 0 aliphatic carbocycles. The number of esters is 1. The molecule has 7 nitrogen and oxygen atoms in total. The van der Waals surface area contributed by atoms with Crippen LogP contribution in [0.15, 0.2) is 65.6 Å². The number of rotatable bonds is 7. The smallest absolute Gasteiger partial charge is 0.416 e. The minimum absolute atomic E-state index is 0.0187. The van der Waals surface area contributed by atoms with E-state index in [-0.39, 0.29) is 41.2 Å².